The highest BCUT2D eigenvalue weighted by Gasteiger charge is 2.54. The molecule has 0 spiro atoms. The number of nitrogen functional groups attached to an aromatic ring is 2. The number of anilines is 2. The molecule has 3 fully saturated rings. The molecule has 0 aromatic carbocycles. The van der Waals surface area contributed by atoms with Crippen molar-refractivity contribution in [2.75, 3.05) is 24.7 Å². The van der Waals surface area contributed by atoms with E-state index in [0.717, 1.165) is 0 Å². The molecule has 3 saturated heterocycles. The standard InChI is InChI=1S/C22H24F2N8O9P2S2/c23-13-10-4-36-42(34,44)40-16-11(39-21(14(16)24)31-2-1-8-18(26)27-6-28-19(8)31)5-37-43(35,45)41-17(13)22(38-10)32-7-29-15-9(32)3-12(25)30-20(15)33/h1-3,6-7,10-11,13-14,16-17,21-22H,4-5H2,(H,34,44)(H,35,45)(H3,25,30,33)(H2,26,27,28)/t10-,11-,13-,14+,16-,17-,21-,22-,42?,43?/m1/s1. The van der Waals surface area contributed by atoms with E-state index in [1.807, 2.05) is 0 Å². The molecular weight excluding hydrogens is 684 g/mol. The highest BCUT2D eigenvalue weighted by molar-refractivity contribution is 8.44. The van der Waals surface area contributed by atoms with E-state index < -0.39 is 81.5 Å². The normalized spacial score (nSPS) is 37.7. The summed E-state index contributed by atoms with van der Waals surface area (Å²) in [4.78, 5) is 37.9. The number of hydrogen-bond donors (Lipinski definition) is 5. The number of pyridine rings is 1. The van der Waals surface area contributed by atoms with E-state index in [0.29, 0.717) is 5.39 Å². The molecule has 3 aliphatic rings. The smallest absolute Gasteiger partial charge is 0.385 e. The van der Waals surface area contributed by atoms with E-state index in [9.17, 15) is 14.3 Å². The molecule has 23 heteroatoms. The van der Waals surface area contributed by atoms with Gasteiger partial charge in [0.1, 0.15) is 48.0 Å². The summed E-state index contributed by atoms with van der Waals surface area (Å²) in [6.07, 6.45) is -9.08. The van der Waals surface area contributed by atoms with Crippen LogP contribution in [-0.4, -0.2) is 83.9 Å². The second kappa shape index (κ2) is 11.3. The van der Waals surface area contributed by atoms with Gasteiger partial charge in [-0.2, -0.15) is 0 Å². The van der Waals surface area contributed by atoms with Crippen molar-refractivity contribution in [1.82, 2.24) is 29.1 Å². The average molecular weight is 709 g/mol. The third-order valence-corrected chi connectivity index (χ3v) is 10.7. The van der Waals surface area contributed by atoms with Crippen LogP contribution in [0.4, 0.5) is 20.4 Å². The number of aromatic amines is 1. The fourth-order valence-electron chi connectivity index (χ4n) is 5.51. The molecule has 4 aromatic rings. The zero-order valence-electron chi connectivity index (χ0n) is 22.5. The van der Waals surface area contributed by atoms with Crippen LogP contribution in [-0.2, 0) is 43.9 Å². The molecule has 242 valence electrons. The summed E-state index contributed by atoms with van der Waals surface area (Å²) in [7, 11) is 0. The van der Waals surface area contributed by atoms with Crippen LogP contribution in [0.5, 0.6) is 0 Å². The zero-order chi connectivity index (χ0) is 31.8. The first kappa shape index (κ1) is 31.1. The topological polar surface area (TPSA) is 226 Å². The van der Waals surface area contributed by atoms with Crippen molar-refractivity contribution in [2.45, 2.75) is 49.2 Å². The lowest BCUT2D eigenvalue weighted by Crippen LogP contribution is -2.34. The minimum atomic E-state index is -4.43. The molecule has 2 bridgehead atoms. The van der Waals surface area contributed by atoms with Crippen LogP contribution < -0.4 is 17.0 Å². The first-order valence-corrected chi connectivity index (χ1v) is 18.4. The molecule has 2 unspecified atom stereocenters. The lowest BCUT2D eigenvalue weighted by Gasteiger charge is -2.27. The van der Waals surface area contributed by atoms with E-state index in [4.69, 9.17) is 50.8 Å². The van der Waals surface area contributed by atoms with Crippen molar-refractivity contribution >= 4 is 71.3 Å². The van der Waals surface area contributed by atoms with Gasteiger partial charge in [-0.25, -0.2) is 28.3 Å². The number of H-pyrrole nitrogens is 1. The van der Waals surface area contributed by atoms with Crippen molar-refractivity contribution < 1.29 is 45.8 Å². The van der Waals surface area contributed by atoms with Gasteiger partial charge in [-0.1, -0.05) is 12.2 Å². The summed E-state index contributed by atoms with van der Waals surface area (Å²) in [6, 6.07) is 2.93. The summed E-state index contributed by atoms with van der Waals surface area (Å²) >= 11 is 9.17. The Morgan fingerprint density at radius 1 is 1.04 bits per heavy atom. The van der Waals surface area contributed by atoms with Crippen LogP contribution in [0, 0.1) is 0 Å². The van der Waals surface area contributed by atoms with Gasteiger partial charge in [-0.05, 0) is 17.9 Å². The Kier molecular flexibility index (Phi) is 7.81. The fraction of sp³-hybridized carbons (Fsp3) is 0.455. The van der Waals surface area contributed by atoms with Crippen LogP contribution in [0.25, 0.3) is 22.1 Å². The quantitative estimate of drug-likeness (QED) is 0.148. The maximum Gasteiger partial charge on any atom is 0.386 e. The number of aromatic nitrogens is 6. The van der Waals surface area contributed by atoms with Crippen LogP contribution >= 0.6 is 25.8 Å². The van der Waals surface area contributed by atoms with Crippen molar-refractivity contribution in [3.63, 3.8) is 0 Å². The van der Waals surface area contributed by atoms with E-state index in [-0.39, 0.29) is 28.3 Å². The number of nitrogens with two attached hydrogens (primary N) is 2. The lowest BCUT2D eigenvalue weighted by molar-refractivity contribution is -0.0582. The van der Waals surface area contributed by atoms with Crippen molar-refractivity contribution in [3.05, 3.63) is 41.3 Å². The molecule has 10 atom stereocenters. The Bertz CT molecular complexity index is 1950. The SMILES string of the molecule is Nc1cc2c(ncn2[C@@H]2O[C@@H]3COP(=O)(S)O[C@H]4[C@H](F)[C@H](n5ccc6c(N)ncnc65)O[C@@H]4COP(O)(=S)O[C@@H]2[C@@H]3F)c(=O)[nH]1. The number of rotatable bonds is 2. The number of imidazole rings is 1. The monoisotopic (exact) mass is 708 g/mol. The van der Waals surface area contributed by atoms with E-state index >= 15 is 8.78 Å². The Morgan fingerprint density at radius 3 is 2.60 bits per heavy atom. The number of nitrogens with zero attached hydrogens (tertiary/aromatic N) is 5. The van der Waals surface area contributed by atoms with Gasteiger partial charge in [0.25, 0.3) is 5.56 Å². The van der Waals surface area contributed by atoms with E-state index in [1.54, 1.807) is 6.07 Å². The van der Waals surface area contributed by atoms with Gasteiger partial charge in [-0.3, -0.25) is 18.4 Å². The molecule has 7 rings (SSSR count). The van der Waals surface area contributed by atoms with Gasteiger partial charge < -0.3 is 44.5 Å². The highest BCUT2D eigenvalue weighted by atomic mass is 32.7. The number of alkyl halides is 2. The number of halogens is 2. The minimum absolute atomic E-state index is 0.00767. The minimum Gasteiger partial charge on any atom is -0.385 e. The molecule has 6 N–H and O–H groups in total. The Hall–Kier alpha value is -2.55. The molecule has 0 saturated carbocycles. The predicted molar refractivity (Wildman–Crippen MR) is 159 cm³/mol. The second-order valence-corrected chi connectivity index (χ2v) is 16.0. The summed E-state index contributed by atoms with van der Waals surface area (Å²) in [5, 5.41) is 0.429. The number of thiol groups is 1. The maximum absolute atomic E-state index is 16.0. The summed E-state index contributed by atoms with van der Waals surface area (Å²) in [5.74, 6) is 0.146. The largest absolute Gasteiger partial charge is 0.386 e. The molecule has 45 heavy (non-hydrogen) atoms. The van der Waals surface area contributed by atoms with Crippen molar-refractivity contribution in [1.29, 1.82) is 0 Å². The lowest BCUT2D eigenvalue weighted by atomic mass is 10.1. The number of ether oxygens (including phenoxy) is 2. The Labute approximate surface area is 261 Å². The molecule has 4 aromatic heterocycles. The third-order valence-electron chi connectivity index (χ3n) is 7.53. The van der Waals surface area contributed by atoms with Crippen LogP contribution in [0.1, 0.15) is 12.5 Å². The van der Waals surface area contributed by atoms with Crippen LogP contribution in [0.2, 0.25) is 0 Å². The third kappa shape index (κ3) is 5.59. The average Bonchev–Trinajstić information content (AvgIpc) is 3.72. The van der Waals surface area contributed by atoms with Gasteiger partial charge in [0.15, 0.2) is 30.3 Å². The highest BCUT2D eigenvalue weighted by Crippen LogP contribution is 2.58. The number of fused-ring (bicyclic) bond motifs is 5. The van der Waals surface area contributed by atoms with Gasteiger partial charge in [-0.15, -0.1) is 0 Å². The fourth-order valence-corrected chi connectivity index (χ4v) is 8.40. The van der Waals surface area contributed by atoms with Gasteiger partial charge >= 0.3 is 13.5 Å². The molecule has 0 aliphatic carbocycles. The van der Waals surface area contributed by atoms with Crippen LogP contribution in [0.15, 0.2) is 35.8 Å². The van der Waals surface area contributed by atoms with Gasteiger partial charge in [0, 0.05) is 12.3 Å². The zero-order valence-corrected chi connectivity index (χ0v) is 26.0. The molecule has 17 nitrogen and oxygen atoms in total. The Balaban J connectivity index is 1.21. The van der Waals surface area contributed by atoms with Crippen molar-refractivity contribution in [2.24, 2.45) is 0 Å². The van der Waals surface area contributed by atoms with Crippen LogP contribution in [0.3, 0.4) is 0 Å². The first-order chi connectivity index (χ1) is 21.3. The number of hydrogen-bond acceptors (Lipinski definition) is 14. The summed E-state index contributed by atoms with van der Waals surface area (Å²) < 4.78 is 81.5. The predicted octanol–water partition coefficient (Wildman–Crippen LogP) is 1.88. The second-order valence-electron chi connectivity index (χ2n) is 10.3. The van der Waals surface area contributed by atoms with Crippen molar-refractivity contribution in [3.8, 4) is 0 Å². The molecule has 3 aliphatic heterocycles. The van der Waals surface area contributed by atoms with Gasteiger partial charge in [0.2, 0.25) is 0 Å². The van der Waals surface area contributed by atoms with E-state index in [1.165, 1.54) is 34.1 Å². The molecule has 7 heterocycles. The molecular formula is C22H24F2N8O9P2S2. The maximum atomic E-state index is 16.0. The summed E-state index contributed by atoms with van der Waals surface area (Å²) in [6.45, 7) is -10.1. The van der Waals surface area contributed by atoms with Gasteiger partial charge in [0.05, 0.1) is 30.4 Å². The first-order valence-electron chi connectivity index (χ1n) is 13.1. The number of nitrogens with one attached hydrogen (secondary N) is 1. The molecule has 0 radical (unpaired) electrons. The molecule has 0 amide bonds. The summed E-state index contributed by atoms with van der Waals surface area (Å²) in [5.41, 5.74) is 11.5. The van der Waals surface area contributed by atoms with E-state index in [2.05, 4.69) is 32.2 Å². The Morgan fingerprint density at radius 2 is 1.80 bits per heavy atom.